The number of nitrogens with zero attached hydrogens (tertiary/aromatic N) is 11. The van der Waals surface area contributed by atoms with Crippen molar-refractivity contribution < 1.29 is 26.3 Å². The number of fused-ring (bicyclic) bond motifs is 2. The Hall–Kier alpha value is -4.31. The smallest absolute Gasteiger partial charge is 0.356 e. The third-order valence-electron chi connectivity index (χ3n) is 6.06. The van der Waals surface area contributed by atoms with Gasteiger partial charge in [-0.1, -0.05) is 0 Å². The first-order valence-corrected chi connectivity index (χ1v) is 10.9. The highest BCUT2D eigenvalue weighted by atomic mass is 19.4. The molecule has 0 radical (unpaired) electrons. The van der Waals surface area contributed by atoms with E-state index in [4.69, 9.17) is 0 Å². The van der Waals surface area contributed by atoms with E-state index in [1.54, 1.807) is 11.0 Å². The Bertz CT molecular complexity index is 1600. The Morgan fingerprint density at radius 2 is 1.41 bits per heavy atom. The van der Waals surface area contributed by atoms with Gasteiger partial charge in [-0.2, -0.15) is 60.6 Å². The van der Waals surface area contributed by atoms with Crippen molar-refractivity contribution in [2.24, 2.45) is 0 Å². The number of aromatic nitrogens is 10. The van der Waals surface area contributed by atoms with Gasteiger partial charge in [0.2, 0.25) is 0 Å². The summed E-state index contributed by atoms with van der Waals surface area (Å²) in [7, 11) is 0. The average molecular weight is 523 g/mol. The summed E-state index contributed by atoms with van der Waals surface area (Å²) in [5.74, 6) is -0.451. The first kappa shape index (κ1) is 23.1. The molecule has 1 aliphatic heterocycles. The minimum Gasteiger partial charge on any atom is -0.356 e. The van der Waals surface area contributed by atoms with Crippen LogP contribution in [0.1, 0.15) is 35.8 Å². The van der Waals surface area contributed by atoms with Crippen LogP contribution in [0, 0.1) is 0 Å². The molecule has 1 saturated heterocycles. The van der Waals surface area contributed by atoms with Crippen LogP contribution in [0.15, 0.2) is 37.1 Å². The van der Waals surface area contributed by atoms with E-state index >= 15 is 0 Å². The lowest BCUT2D eigenvalue weighted by molar-refractivity contribution is -0.141. The molecule has 5 aromatic heterocycles. The largest absolute Gasteiger partial charge is 0.433 e. The summed E-state index contributed by atoms with van der Waals surface area (Å²) in [6, 6.07) is 3.41. The minimum atomic E-state index is -4.70. The Kier molecular flexibility index (Phi) is 5.06. The van der Waals surface area contributed by atoms with Crippen molar-refractivity contribution in [2.45, 2.75) is 31.1 Å². The van der Waals surface area contributed by atoms with Crippen LogP contribution in [-0.4, -0.2) is 62.0 Å². The standard InChI is InChI=1S/C20H15F6N11/c21-19(22,23)13-6-15(36-17(31-13)27-9-29-36)34-4-1-2-11(8-34)12-3-5-35(33-12)16-7-14(20(24,25)26)32-18-28-10-30-37(16)18/h3,5-7,9-11H,1-2,4,8H2/t11-/m0/s1. The number of halogens is 6. The number of piperidine rings is 1. The van der Waals surface area contributed by atoms with Gasteiger partial charge in [-0.3, -0.25) is 0 Å². The molecule has 0 saturated carbocycles. The average Bonchev–Trinajstić information content (AvgIpc) is 3.62. The number of anilines is 1. The Labute approximate surface area is 202 Å². The molecule has 0 bridgehead atoms. The summed E-state index contributed by atoms with van der Waals surface area (Å²) in [6.45, 7) is 0.766. The maximum absolute atomic E-state index is 13.4. The van der Waals surface area contributed by atoms with E-state index in [1.807, 2.05) is 0 Å². The minimum absolute atomic E-state index is 0.0120. The van der Waals surface area contributed by atoms with Crippen LogP contribution in [0.3, 0.4) is 0 Å². The zero-order valence-corrected chi connectivity index (χ0v) is 18.6. The Morgan fingerprint density at radius 1 is 0.811 bits per heavy atom. The van der Waals surface area contributed by atoms with Crippen LogP contribution >= 0.6 is 0 Å². The fraction of sp³-hybridized carbons (Fsp3) is 0.350. The summed E-state index contributed by atoms with van der Waals surface area (Å²) in [5.41, 5.74) is -1.66. The van der Waals surface area contributed by atoms with Crippen molar-refractivity contribution in [1.82, 2.24) is 48.9 Å². The molecule has 37 heavy (non-hydrogen) atoms. The van der Waals surface area contributed by atoms with E-state index in [1.165, 1.54) is 15.4 Å². The molecule has 192 valence electrons. The van der Waals surface area contributed by atoms with Crippen LogP contribution in [0.2, 0.25) is 0 Å². The first-order chi connectivity index (χ1) is 17.6. The number of hydrogen-bond donors (Lipinski definition) is 0. The van der Waals surface area contributed by atoms with Gasteiger partial charge in [0, 0.05) is 37.3 Å². The quantitative estimate of drug-likeness (QED) is 0.332. The highest BCUT2D eigenvalue weighted by molar-refractivity contribution is 5.49. The van der Waals surface area contributed by atoms with E-state index in [0.29, 0.717) is 31.6 Å². The van der Waals surface area contributed by atoms with Crippen molar-refractivity contribution in [2.75, 3.05) is 18.0 Å². The van der Waals surface area contributed by atoms with Crippen LogP contribution in [0.5, 0.6) is 0 Å². The Balaban J connectivity index is 1.33. The summed E-state index contributed by atoms with van der Waals surface area (Å²) in [5, 5.41) is 12.4. The van der Waals surface area contributed by atoms with E-state index < -0.39 is 23.7 Å². The van der Waals surface area contributed by atoms with Crippen molar-refractivity contribution in [3.05, 3.63) is 54.1 Å². The summed E-state index contributed by atoms with van der Waals surface area (Å²) >= 11 is 0. The molecular formula is C20H15F6N11. The zero-order chi connectivity index (χ0) is 25.9. The second-order valence-corrected chi connectivity index (χ2v) is 8.41. The fourth-order valence-corrected chi connectivity index (χ4v) is 4.38. The maximum atomic E-state index is 13.4. The number of rotatable bonds is 3. The van der Waals surface area contributed by atoms with Crippen molar-refractivity contribution in [1.29, 1.82) is 0 Å². The van der Waals surface area contributed by atoms with E-state index in [2.05, 4.69) is 35.2 Å². The topological polar surface area (TPSA) is 107 Å². The molecule has 1 atom stereocenters. The van der Waals surface area contributed by atoms with Gasteiger partial charge >= 0.3 is 12.4 Å². The predicted molar refractivity (Wildman–Crippen MR) is 113 cm³/mol. The van der Waals surface area contributed by atoms with Gasteiger partial charge in [0.05, 0.1) is 5.69 Å². The lowest BCUT2D eigenvalue weighted by Gasteiger charge is -2.33. The van der Waals surface area contributed by atoms with E-state index in [-0.39, 0.29) is 29.1 Å². The molecule has 6 rings (SSSR count). The van der Waals surface area contributed by atoms with Crippen LogP contribution in [-0.2, 0) is 12.4 Å². The van der Waals surface area contributed by atoms with Gasteiger partial charge in [-0.05, 0) is 18.9 Å². The summed E-state index contributed by atoms with van der Waals surface area (Å²) in [4.78, 5) is 16.4. The predicted octanol–water partition coefficient (Wildman–Crippen LogP) is 3.17. The van der Waals surface area contributed by atoms with Gasteiger partial charge in [0.1, 0.15) is 18.5 Å². The second-order valence-electron chi connectivity index (χ2n) is 8.41. The molecule has 1 aliphatic rings. The molecule has 0 aromatic carbocycles. The molecule has 0 aliphatic carbocycles. The number of hydrogen-bond acceptors (Lipinski definition) is 8. The summed E-state index contributed by atoms with van der Waals surface area (Å²) in [6.07, 6.45) is -4.34. The fourth-order valence-electron chi connectivity index (χ4n) is 4.38. The normalized spacial score (nSPS) is 17.2. The molecule has 0 spiro atoms. The molecule has 0 amide bonds. The molecule has 5 aromatic rings. The lowest BCUT2D eigenvalue weighted by Crippen LogP contribution is -2.36. The first-order valence-electron chi connectivity index (χ1n) is 10.9. The highest BCUT2D eigenvalue weighted by Gasteiger charge is 2.36. The molecule has 6 heterocycles. The molecule has 0 N–H and O–H groups in total. The second kappa shape index (κ2) is 8.10. The van der Waals surface area contributed by atoms with Gasteiger partial charge in [0.25, 0.3) is 11.6 Å². The number of alkyl halides is 6. The van der Waals surface area contributed by atoms with Crippen molar-refractivity contribution >= 4 is 17.4 Å². The third-order valence-corrected chi connectivity index (χ3v) is 6.06. The summed E-state index contributed by atoms with van der Waals surface area (Å²) < 4.78 is 84.0. The SMILES string of the molecule is FC(F)(F)c1cc(N2CCC[C@H](c3ccn(-c4cc(C(F)(F)F)nc5ncnn45)n3)C2)n2ncnc2n1. The molecule has 17 heteroatoms. The van der Waals surface area contributed by atoms with Gasteiger partial charge < -0.3 is 4.90 Å². The van der Waals surface area contributed by atoms with Crippen LogP contribution in [0.4, 0.5) is 32.2 Å². The zero-order valence-electron chi connectivity index (χ0n) is 18.6. The van der Waals surface area contributed by atoms with Gasteiger partial charge in [-0.25, -0.2) is 14.6 Å². The van der Waals surface area contributed by atoms with Crippen LogP contribution < -0.4 is 4.90 Å². The van der Waals surface area contributed by atoms with E-state index in [9.17, 15) is 26.3 Å². The lowest BCUT2D eigenvalue weighted by atomic mass is 9.95. The molecule has 11 nitrogen and oxygen atoms in total. The van der Waals surface area contributed by atoms with Gasteiger partial charge in [0.15, 0.2) is 17.2 Å². The van der Waals surface area contributed by atoms with Crippen molar-refractivity contribution in [3.8, 4) is 5.82 Å². The van der Waals surface area contributed by atoms with Gasteiger partial charge in [-0.15, -0.1) is 0 Å². The van der Waals surface area contributed by atoms with Crippen LogP contribution in [0.25, 0.3) is 17.4 Å². The molecular weight excluding hydrogens is 508 g/mol. The highest BCUT2D eigenvalue weighted by Crippen LogP contribution is 2.34. The monoisotopic (exact) mass is 523 g/mol. The molecule has 0 unspecified atom stereocenters. The van der Waals surface area contributed by atoms with E-state index in [0.717, 1.165) is 29.3 Å². The third kappa shape index (κ3) is 4.09. The Morgan fingerprint density at radius 3 is 2.03 bits per heavy atom. The van der Waals surface area contributed by atoms with Crippen molar-refractivity contribution in [3.63, 3.8) is 0 Å². The maximum Gasteiger partial charge on any atom is 0.433 e. The molecule has 1 fully saturated rings.